The highest BCUT2D eigenvalue weighted by molar-refractivity contribution is 5.92. The van der Waals surface area contributed by atoms with E-state index < -0.39 is 0 Å². The van der Waals surface area contributed by atoms with Crippen LogP contribution in [0.25, 0.3) is 0 Å². The number of piperidine rings is 1. The van der Waals surface area contributed by atoms with Gasteiger partial charge in [0, 0.05) is 54.9 Å². The number of hydrogen-bond acceptors (Lipinski definition) is 5. The molecule has 0 saturated carbocycles. The highest BCUT2D eigenvalue weighted by Gasteiger charge is 2.26. The first-order chi connectivity index (χ1) is 13.5. The van der Waals surface area contributed by atoms with Crippen LogP contribution < -0.4 is 15.1 Å². The lowest BCUT2D eigenvalue weighted by atomic mass is 9.96. The first kappa shape index (κ1) is 20.1. The summed E-state index contributed by atoms with van der Waals surface area (Å²) in [5, 5.41) is 3.08. The smallest absolute Gasteiger partial charge is 0.227 e. The Hall–Kier alpha value is -2.63. The van der Waals surface area contributed by atoms with Gasteiger partial charge >= 0.3 is 0 Å². The van der Waals surface area contributed by atoms with Gasteiger partial charge in [-0.25, -0.2) is 9.97 Å². The van der Waals surface area contributed by atoms with Crippen molar-refractivity contribution in [2.75, 3.05) is 41.3 Å². The number of amides is 1. The normalized spacial score (nSPS) is 14.8. The maximum absolute atomic E-state index is 12.7. The van der Waals surface area contributed by atoms with Crippen molar-refractivity contribution in [2.24, 2.45) is 5.92 Å². The van der Waals surface area contributed by atoms with Crippen LogP contribution in [-0.4, -0.2) is 42.1 Å². The van der Waals surface area contributed by atoms with E-state index >= 15 is 0 Å². The minimum Gasteiger partial charge on any atom is -0.372 e. The third-order valence-corrected chi connectivity index (χ3v) is 5.38. The summed E-state index contributed by atoms with van der Waals surface area (Å²) < 4.78 is 0. The predicted molar refractivity (Wildman–Crippen MR) is 115 cm³/mol. The van der Waals surface area contributed by atoms with Crippen LogP contribution >= 0.6 is 0 Å². The summed E-state index contributed by atoms with van der Waals surface area (Å²) in [6, 6.07) is 10.1. The standard InChI is InChI=1S/C22H31N5O/c1-5-26(6-2)20-9-7-19(8-10-20)25-21(28)18-11-13-27(14-12-18)22-23-16(3)15-17(4)24-22/h7-10,15,18H,5-6,11-14H2,1-4H3,(H,25,28). The zero-order chi connectivity index (χ0) is 20.1. The second kappa shape index (κ2) is 9.04. The molecule has 1 aromatic heterocycles. The van der Waals surface area contributed by atoms with Crippen molar-refractivity contribution >= 4 is 23.2 Å². The Balaban J connectivity index is 1.55. The van der Waals surface area contributed by atoms with Crippen LogP contribution in [0, 0.1) is 19.8 Å². The molecule has 150 valence electrons. The number of aryl methyl sites for hydroxylation is 2. The third kappa shape index (κ3) is 4.80. The molecule has 0 aliphatic carbocycles. The van der Waals surface area contributed by atoms with Crippen molar-refractivity contribution in [1.29, 1.82) is 0 Å². The van der Waals surface area contributed by atoms with Crippen molar-refractivity contribution in [1.82, 2.24) is 9.97 Å². The second-order valence-corrected chi connectivity index (χ2v) is 7.42. The predicted octanol–water partition coefficient (Wildman–Crippen LogP) is 3.79. The average Bonchev–Trinajstić information content (AvgIpc) is 2.69. The van der Waals surface area contributed by atoms with Gasteiger partial charge in [0.15, 0.2) is 0 Å². The molecule has 3 rings (SSSR count). The molecule has 1 aliphatic rings. The molecule has 2 heterocycles. The Labute approximate surface area is 168 Å². The molecule has 1 saturated heterocycles. The highest BCUT2D eigenvalue weighted by Crippen LogP contribution is 2.24. The molecule has 0 radical (unpaired) electrons. The molecule has 2 aromatic rings. The maximum Gasteiger partial charge on any atom is 0.227 e. The van der Waals surface area contributed by atoms with Gasteiger partial charge in [-0.05, 0) is 70.9 Å². The van der Waals surface area contributed by atoms with Gasteiger partial charge in [0.25, 0.3) is 0 Å². The molecule has 1 aromatic carbocycles. The van der Waals surface area contributed by atoms with Crippen LogP contribution in [0.2, 0.25) is 0 Å². The Morgan fingerprint density at radius 1 is 1.07 bits per heavy atom. The first-order valence-electron chi connectivity index (χ1n) is 10.2. The Bertz CT molecular complexity index is 773. The Kier molecular flexibility index (Phi) is 6.49. The first-order valence-corrected chi connectivity index (χ1v) is 10.2. The van der Waals surface area contributed by atoms with Crippen LogP contribution in [0.1, 0.15) is 38.1 Å². The zero-order valence-electron chi connectivity index (χ0n) is 17.4. The van der Waals surface area contributed by atoms with E-state index in [-0.39, 0.29) is 11.8 Å². The van der Waals surface area contributed by atoms with Gasteiger partial charge in [-0.3, -0.25) is 4.79 Å². The number of nitrogens with zero attached hydrogens (tertiary/aromatic N) is 4. The minimum atomic E-state index is 0.0321. The van der Waals surface area contributed by atoms with Gasteiger partial charge < -0.3 is 15.1 Å². The number of aromatic nitrogens is 2. The van der Waals surface area contributed by atoms with E-state index in [2.05, 4.69) is 51.1 Å². The zero-order valence-corrected chi connectivity index (χ0v) is 17.4. The summed E-state index contributed by atoms with van der Waals surface area (Å²) >= 11 is 0. The third-order valence-electron chi connectivity index (χ3n) is 5.38. The van der Waals surface area contributed by atoms with Crippen LogP contribution in [-0.2, 0) is 4.79 Å². The SMILES string of the molecule is CCN(CC)c1ccc(NC(=O)C2CCN(c3nc(C)cc(C)n3)CC2)cc1. The second-order valence-electron chi connectivity index (χ2n) is 7.42. The fourth-order valence-corrected chi connectivity index (χ4v) is 3.78. The van der Waals surface area contributed by atoms with Crippen molar-refractivity contribution in [3.05, 3.63) is 41.7 Å². The van der Waals surface area contributed by atoms with Crippen molar-refractivity contribution in [2.45, 2.75) is 40.5 Å². The quantitative estimate of drug-likeness (QED) is 0.825. The number of benzene rings is 1. The monoisotopic (exact) mass is 381 g/mol. The molecule has 1 fully saturated rings. The van der Waals surface area contributed by atoms with Gasteiger partial charge in [-0.15, -0.1) is 0 Å². The summed E-state index contributed by atoms with van der Waals surface area (Å²) in [5.41, 5.74) is 4.01. The summed E-state index contributed by atoms with van der Waals surface area (Å²) in [5.74, 6) is 0.921. The van der Waals surface area contributed by atoms with E-state index in [4.69, 9.17) is 0 Å². The largest absolute Gasteiger partial charge is 0.372 e. The molecular formula is C22H31N5O. The van der Waals surface area contributed by atoms with Crippen LogP contribution in [0.3, 0.4) is 0 Å². The summed E-state index contributed by atoms with van der Waals surface area (Å²) in [6.45, 7) is 11.8. The molecule has 28 heavy (non-hydrogen) atoms. The van der Waals surface area contributed by atoms with E-state index in [1.165, 1.54) is 5.69 Å². The van der Waals surface area contributed by atoms with Crippen LogP contribution in [0.4, 0.5) is 17.3 Å². The lowest BCUT2D eigenvalue weighted by Crippen LogP contribution is -2.39. The molecule has 1 N–H and O–H groups in total. The van der Waals surface area contributed by atoms with Crippen molar-refractivity contribution < 1.29 is 4.79 Å². The Morgan fingerprint density at radius 2 is 1.64 bits per heavy atom. The summed E-state index contributed by atoms with van der Waals surface area (Å²) in [4.78, 5) is 26.2. The molecule has 0 unspecified atom stereocenters. The van der Waals surface area contributed by atoms with Crippen molar-refractivity contribution in [3.63, 3.8) is 0 Å². The highest BCUT2D eigenvalue weighted by atomic mass is 16.1. The topological polar surface area (TPSA) is 61.4 Å². The molecule has 1 amide bonds. The molecule has 0 atom stereocenters. The number of hydrogen-bond donors (Lipinski definition) is 1. The lowest BCUT2D eigenvalue weighted by molar-refractivity contribution is -0.120. The minimum absolute atomic E-state index is 0.0321. The number of nitrogens with one attached hydrogen (secondary N) is 1. The van der Waals surface area contributed by atoms with Gasteiger partial charge in [-0.2, -0.15) is 0 Å². The Morgan fingerprint density at radius 3 is 2.18 bits per heavy atom. The molecule has 1 aliphatic heterocycles. The molecule has 6 heteroatoms. The summed E-state index contributed by atoms with van der Waals surface area (Å²) in [7, 11) is 0. The van der Waals surface area contributed by atoms with Gasteiger partial charge in [0.2, 0.25) is 11.9 Å². The fourth-order valence-electron chi connectivity index (χ4n) is 3.78. The molecular weight excluding hydrogens is 350 g/mol. The van der Waals surface area contributed by atoms with Crippen LogP contribution in [0.15, 0.2) is 30.3 Å². The summed E-state index contributed by atoms with van der Waals surface area (Å²) in [6.07, 6.45) is 1.64. The van der Waals surface area contributed by atoms with E-state index in [0.29, 0.717) is 0 Å². The molecule has 0 spiro atoms. The van der Waals surface area contributed by atoms with Crippen LogP contribution in [0.5, 0.6) is 0 Å². The maximum atomic E-state index is 12.7. The van der Waals surface area contributed by atoms with Gasteiger partial charge in [0.1, 0.15) is 0 Å². The number of rotatable bonds is 6. The van der Waals surface area contributed by atoms with E-state index in [9.17, 15) is 4.79 Å². The van der Waals surface area contributed by atoms with Gasteiger partial charge in [-0.1, -0.05) is 0 Å². The fraction of sp³-hybridized carbons (Fsp3) is 0.500. The number of carbonyl (C=O) groups excluding carboxylic acids is 1. The van der Waals surface area contributed by atoms with Crippen molar-refractivity contribution in [3.8, 4) is 0 Å². The molecule has 6 nitrogen and oxygen atoms in total. The number of anilines is 3. The number of carbonyl (C=O) groups is 1. The lowest BCUT2D eigenvalue weighted by Gasteiger charge is -2.31. The van der Waals surface area contributed by atoms with Gasteiger partial charge in [0.05, 0.1) is 0 Å². The van der Waals surface area contributed by atoms with E-state index in [1.807, 2.05) is 32.0 Å². The van der Waals surface area contributed by atoms with E-state index in [0.717, 1.165) is 62.0 Å². The molecule has 0 bridgehead atoms. The van der Waals surface area contributed by atoms with E-state index in [1.54, 1.807) is 0 Å². The average molecular weight is 382 g/mol.